The molecule has 0 unspecified atom stereocenters. The van der Waals surface area contributed by atoms with Gasteiger partial charge in [-0.25, -0.2) is 8.78 Å². The molecule has 1 heterocycles. The van der Waals surface area contributed by atoms with Gasteiger partial charge in [-0.2, -0.15) is 0 Å². The van der Waals surface area contributed by atoms with Crippen molar-refractivity contribution in [2.75, 3.05) is 39.3 Å². The molecule has 0 bridgehead atoms. The first-order valence-corrected chi connectivity index (χ1v) is 10.2. The molecule has 1 aliphatic heterocycles. The van der Waals surface area contributed by atoms with Crippen LogP contribution < -0.4 is 5.32 Å². The molecule has 2 aromatic rings. The van der Waals surface area contributed by atoms with E-state index in [0.717, 1.165) is 30.8 Å². The Morgan fingerprint density at radius 2 is 1.77 bits per heavy atom. The fourth-order valence-electron chi connectivity index (χ4n) is 3.61. The lowest BCUT2D eigenvalue weighted by Crippen LogP contribution is -2.47. The number of nitrogens with one attached hydrogen (secondary N) is 1. The summed E-state index contributed by atoms with van der Waals surface area (Å²) < 4.78 is 27.0. The standard InChI is InChI=1S/C23H27F2N3O2/c1-17(18-5-3-2-4-6-18)16-28(12-9-22(29)27-13-10-26-11-14-27)23(30)19-7-8-20(24)21(25)15-19/h2-8,15,17,26H,9-14,16H2,1H3/t17-/m1/s1. The highest BCUT2D eigenvalue weighted by Crippen LogP contribution is 2.19. The molecule has 1 atom stereocenters. The fourth-order valence-corrected chi connectivity index (χ4v) is 3.61. The summed E-state index contributed by atoms with van der Waals surface area (Å²) in [6, 6.07) is 12.9. The molecule has 7 heteroatoms. The number of amides is 2. The number of halogens is 2. The molecule has 160 valence electrons. The van der Waals surface area contributed by atoms with Crippen molar-refractivity contribution in [1.82, 2.24) is 15.1 Å². The van der Waals surface area contributed by atoms with Crippen LogP contribution in [0.4, 0.5) is 8.78 Å². The molecule has 1 aliphatic rings. The van der Waals surface area contributed by atoms with Crippen molar-refractivity contribution in [2.45, 2.75) is 19.3 Å². The lowest BCUT2D eigenvalue weighted by Gasteiger charge is -2.30. The van der Waals surface area contributed by atoms with Crippen LogP contribution >= 0.6 is 0 Å². The molecule has 30 heavy (non-hydrogen) atoms. The molecule has 0 saturated carbocycles. The summed E-state index contributed by atoms with van der Waals surface area (Å²) in [5.74, 6) is -2.45. The summed E-state index contributed by atoms with van der Waals surface area (Å²) in [5.41, 5.74) is 1.14. The summed E-state index contributed by atoms with van der Waals surface area (Å²) in [7, 11) is 0. The van der Waals surface area contributed by atoms with E-state index in [0.29, 0.717) is 19.6 Å². The molecule has 2 amide bonds. The van der Waals surface area contributed by atoms with E-state index >= 15 is 0 Å². The van der Waals surface area contributed by atoms with Crippen LogP contribution in [0.15, 0.2) is 48.5 Å². The maximum Gasteiger partial charge on any atom is 0.253 e. The van der Waals surface area contributed by atoms with Crippen LogP contribution in [0, 0.1) is 11.6 Å². The van der Waals surface area contributed by atoms with Gasteiger partial charge in [-0.3, -0.25) is 9.59 Å². The Hall–Kier alpha value is -2.80. The second-order valence-electron chi connectivity index (χ2n) is 7.57. The smallest absolute Gasteiger partial charge is 0.253 e. The van der Waals surface area contributed by atoms with Crippen molar-refractivity contribution >= 4 is 11.8 Å². The topological polar surface area (TPSA) is 52.7 Å². The van der Waals surface area contributed by atoms with Gasteiger partial charge in [0.05, 0.1) is 0 Å². The molecule has 5 nitrogen and oxygen atoms in total. The van der Waals surface area contributed by atoms with Gasteiger partial charge in [-0.1, -0.05) is 37.3 Å². The molecule has 0 aliphatic carbocycles. The van der Waals surface area contributed by atoms with Crippen LogP contribution in [0.25, 0.3) is 0 Å². The Balaban J connectivity index is 1.73. The summed E-state index contributed by atoms with van der Waals surface area (Å²) in [4.78, 5) is 29.0. The van der Waals surface area contributed by atoms with Crippen LogP contribution in [0.2, 0.25) is 0 Å². The van der Waals surface area contributed by atoms with Crippen LogP contribution in [0.1, 0.15) is 35.2 Å². The van der Waals surface area contributed by atoms with E-state index in [1.807, 2.05) is 37.3 Å². The second-order valence-corrected chi connectivity index (χ2v) is 7.57. The zero-order chi connectivity index (χ0) is 21.5. The number of nitrogens with zero attached hydrogens (tertiary/aromatic N) is 2. The summed E-state index contributed by atoms with van der Waals surface area (Å²) in [6.07, 6.45) is 0.191. The first-order chi connectivity index (χ1) is 14.5. The third-order valence-electron chi connectivity index (χ3n) is 5.38. The van der Waals surface area contributed by atoms with Gasteiger partial charge in [0.1, 0.15) is 0 Å². The van der Waals surface area contributed by atoms with Crippen molar-refractivity contribution < 1.29 is 18.4 Å². The Labute approximate surface area is 175 Å². The lowest BCUT2D eigenvalue weighted by molar-refractivity contribution is -0.131. The van der Waals surface area contributed by atoms with E-state index in [1.165, 1.54) is 6.07 Å². The third-order valence-corrected chi connectivity index (χ3v) is 5.38. The molecule has 3 rings (SSSR count). The molecule has 1 N–H and O–H groups in total. The number of carbonyl (C=O) groups excluding carboxylic acids is 2. The van der Waals surface area contributed by atoms with E-state index in [1.54, 1.807) is 9.80 Å². The van der Waals surface area contributed by atoms with Gasteiger partial charge in [0.25, 0.3) is 5.91 Å². The third kappa shape index (κ3) is 5.63. The minimum absolute atomic E-state index is 0.00745. The minimum Gasteiger partial charge on any atom is -0.340 e. The highest BCUT2D eigenvalue weighted by atomic mass is 19.2. The van der Waals surface area contributed by atoms with E-state index in [4.69, 9.17) is 0 Å². The maximum atomic E-state index is 13.7. The number of rotatable bonds is 7. The van der Waals surface area contributed by atoms with Crippen molar-refractivity contribution in [3.8, 4) is 0 Å². The SMILES string of the molecule is C[C@H](CN(CCC(=O)N1CCNCC1)C(=O)c1ccc(F)c(F)c1)c1ccccc1. The minimum atomic E-state index is -1.06. The Morgan fingerprint density at radius 1 is 1.07 bits per heavy atom. The highest BCUT2D eigenvalue weighted by Gasteiger charge is 2.23. The predicted octanol–water partition coefficient (Wildman–Crippen LogP) is 3.03. The quantitative estimate of drug-likeness (QED) is 0.756. The van der Waals surface area contributed by atoms with Gasteiger partial charge in [0, 0.05) is 51.3 Å². The van der Waals surface area contributed by atoms with Crippen LogP contribution in [-0.4, -0.2) is 60.9 Å². The van der Waals surface area contributed by atoms with Crippen LogP contribution in [0.3, 0.4) is 0 Å². The molecule has 0 aromatic heterocycles. The van der Waals surface area contributed by atoms with E-state index in [9.17, 15) is 18.4 Å². The largest absolute Gasteiger partial charge is 0.340 e. The van der Waals surface area contributed by atoms with Gasteiger partial charge in [0.15, 0.2) is 11.6 Å². The van der Waals surface area contributed by atoms with Crippen LogP contribution in [-0.2, 0) is 4.79 Å². The summed E-state index contributed by atoms with van der Waals surface area (Å²) >= 11 is 0. The van der Waals surface area contributed by atoms with Gasteiger partial charge in [-0.15, -0.1) is 0 Å². The van der Waals surface area contributed by atoms with E-state index in [2.05, 4.69) is 5.32 Å². The molecule has 1 fully saturated rings. The Kier molecular flexibility index (Phi) is 7.52. The number of hydrogen-bond acceptors (Lipinski definition) is 3. The first kappa shape index (κ1) is 21.9. The molecular weight excluding hydrogens is 388 g/mol. The first-order valence-electron chi connectivity index (χ1n) is 10.2. The zero-order valence-electron chi connectivity index (χ0n) is 17.1. The lowest BCUT2D eigenvalue weighted by atomic mass is 10.00. The fraction of sp³-hybridized carbons (Fsp3) is 0.391. The Morgan fingerprint density at radius 3 is 2.43 bits per heavy atom. The van der Waals surface area contributed by atoms with Gasteiger partial charge < -0.3 is 15.1 Å². The molecular formula is C23H27F2N3O2. The summed E-state index contributed by atoms with van der Waals surface area (Å²) in [5, 5.41) is 3.20. The maximum absolute atomic E-state index is 13.7. The second kappa shape index (κ2) is 10.3. The van der Waals surface area contributed by atoms with Crippen molar-refractivity contribution in [2.24, 2.45) is 0 Å². The zero-order valence-corrected chi connectivity index (χ0v) is 17.1. The predicted molar refractivity (Wildman–Crippen MR) is 111 cm³/mol. The van der Waals surface area contributed by atoms with Gasteiger partial charge in [0.2, 0.25) is 5.91 Å². The molecule has 2 aromatic carbocycles. The van der Waals surface area contributed by atoms with E-state index < -0.39 is 17.5 Å². The monoisotopic (exact) mass is 415 g/mol. The molecule has 0 spiro atoms. The van der Waals surface area contributed by atoms with Gasteiger partial charge in [-0.05, 0) is 29.7 Å². The normalized spacial score (nSPS) is 15.0. The van der Waals surface area contributed by atoms with Crippen molar-refractivity contribution in [3.05, 3.63) is 71.3 Å². The number of hydrogen-bond donors (Lipinski definition) is 1. The summed E-state index contributed by atoms with van der Waals surface area (Å²) in [6.45, 7) is 5.41. The van der Waals surface area contributed by atoms with Crippen molar-refractivity contribution in [3.63, 3.8) is 0 Å². The highest BCUT2D eigenvalue weighted by molar-refractivity contribution is 5.94. The number of benzene rings is 2. The van der Waals surface area contributed by atoms with Crippen LogP contribution in [0.5, 0.6) is 0 Å². The number of piperazine rings is 1. The van der Waals surface area contributed by atoms with Gasteiger partial charge >= 0.3 is 0 Å². The average molecular weight is 415 g/mol. The van der Waals surface area contributed by atoms with Crippen molar-refractivity contribution in [1.29, 1.82) is 0 Å². The average Bonchev–Trinajstić information content (AvgIpc) is 2.78. The Bertz CT molecular complexity index is 870. The molecule has 0 radical (unpaired) electrons. The van der Waals surface area contributed by atoms with E-state index in [-0.39, 0.29) is 30.4 Å². The molecule has 1 saturated heterocycles. The number of carbonyl (C=O) groups is 2.